The van der Waals surface area contributed by atoms with E-state index in [1.807, 2.05) is 0 Å². The zero-order valence-corrected chi connectivity index (χ0v) is 11.7. The highest BCUT2D eigenvalue weighted by Crippen LogP contribution is 2.50. The van der Waals surface area contributed by atoms with E-state index in [1.165, 1.54) is 0 Å². The van der Waals surface area contributed by atoms with Crippen LogP contribution in [0.3, 0.4) is 0 Å². The van der Waals surface area contributed by atoms with Gasteiger partial charge in [0.15, 0.2) is 6.17 Å². The van der Waals surface area contributed by atoms with E-state index in [-0.39, 0.29) is 0 Å². The van der Waals surface area contributed by atoms with Gasteiger partial charge in [0, 0.05) is 6.42 Å². The smallest absolute Gasteiger partial charge is 0.281 e. The van der Waals surface area contributed by atoms with Crippen molar-refractivity contribution in [3.63, 3.8) is 0 Å². The van der Waals surface area contributed by atoms with E-state index in [9.17, 15) is 52.3 Å². The molecule has 0 aromatic rings. The van der Waals surface area contributed by atoms with Crippen LogP contribution >= 0.6 is 0 Å². The van der Waals surface area contributed by atoms with Crippen LogP contribution in [0.5, 0.6) is 0 Å². The van der Waals surface area contributed by atoms with Crippen LogP contribution in [-0.2, 0) is 10.1 Å². The van der Waals surface area contributed by atoms with Crippen molar-refractivity contribution in [1.82, 2.24) is 0 Å². The second-order valence-electron chi connectivity index (χ2n) is 4.52. The average Bonchev–Trinajstić information content (AvgIpc) is 2.31. The molecule has 0 aliphatic heterocycles. The van der Waals surface area contributed by atoms with Crippen LogP contribution < -0.4 is 0 Å². The average molecular weight is 388 g/mol. The molecule has 0 aliphatic rings. The molecule has 0 aliphatic carbocycles. The van der Waals surface area contributed by atoms with E-state index < -0.39 is 65.2 Å². The molecule has 23 heavy (non-hydrogen) atoms. The summed E-state index contributed by atoms with van der Waals surface area (Å²) in [6.07, 6.45) is -13.9. The molecule has 0 fully saturated rings. The number of hydrogen-bond donors (Lipinski definition) is 1. The number of unbranched alkanes of at least 4 members (excludes halogenated alkanes) is 1. The molecular formula is C9H10F10O3S. The number of halogens is 10. The quantitative estimate of drug-likeness (QED) is 0.385. The van der Waals surface area contributed by atoms with Crippen molar-refractivity contribution in [3.8, 4) is 0 Å². The lowest BCUT2D eigenvalue weighted by atomic mass is 10.0. The zero-order valence-electron chi connectivity index (χ0n) is 10.9. The topological polar surface area (TPSA) is 54.4 Å². The fraction of sp³-hybridized carbons (Fsp3) is 1.00. The first-order chi connectivity index (χ1) is 9.88. The molecule has 0 spiro atoms. The van der Waals surface area contributed by atoms with Crippen molar-refractivity contribution >= 4 is 10.1 Å². The van der Waals surface area contributed by atoms with Crippen molar-refractivity contribution < 1.29 is 56.9 Å². The van der Waals surface area contributed by atoms with Crippen molar-refractivity contribution in [2.45, 2.75) is 55.1 Å². The van der Waals surface area contributed by atoms with E-state index in [2.05, 4.69) is 0 Å². The molecule has 140 valence electrons. The van der Waals surface area contributed by atoms with Gasteiger partial charge in [0.05, 0.1) is 0 Å². The van der Waals surface area contributed by atoms with Crippen LogP contribution in [0.25, 0.3) is 0 Å². The Labute approximate surface area is 123 Å². The molecule has 0 saturated carbocycles. The second-order valence-corrected chi connectivity index (χ2v) is 5.98. The van der Waals surface area contributed by atoms with Crippen molar-refractivity contribution in [2.75, 3.05) is 0 Å². The third-order valence-corrected chi connectivity index (χ3v) is 3.57. The zero-order chi connectivity index (χ0) is 18.9. The maximum absolute atomic E-state index is 13.1. The minimum atomic E-state index is -7.00. The molecule has 0 amide bonds. The lowest BCUT2D eigenvalue weighted by Crippen LogP contribution is -2.61. The molecule has 0 radical (unpaired) electrons. The Morgan fingerprint density at radius 1 is 0.870 bits per heavy atom. The molecule has 0 rings (SSSR count). The van der Waals surface area contributed by atoms with Crippen LogP contribution in [0.4, 0.5) is 43.9 Å². The maximum atomic E-state index is 13.1. The summed E-state index contributed by atoms with van der Waals surface area (Å²) in [5.41, 5.74) is 0. The summed E-state index contributed by atoms with van der Waals surface area (Å²) in [6, 6.07) is 0. The predicted octanol–water partition coefficient (Wildman–Crippen LogP) is 4.20. The highest BCUT2D eigenvalue weighted by Gasteiger charge is 2.79. The molecule has 0 bridgehead atoms. The normalized spacial score (nSPS) is 16.5. The third-order valence-electron chi connectivity index (χ3n) is 2.67. The summed E-state index contributed by atoms with van der Waals surface area (Å²) in [5.74, 6) is -13.1. The largest absolute Gasteiger partial charge is 0.438 e. The second kappa shape index (κ2) is 6.61. The standard InChI is InChI=1S/C9H10F10O3S/c10-5(3-1-2-4-6(11,12)13)7(14,15)8(16,17)9(18,19)23(20,21)22/h5H,1-4H2,(H,20,21,22). The van der Waals surface area contributed by atoms with Crippen molar-refractivity contribution in [2.24, 2.45) is 0 Å². The van der Waals surface area contributed by atoms with Gasteiger partial charge in [0.2, 0.25) is 0 Å². The summed E-state index contributed by atoms with van der Waals surface area (Å²) >= 11 is 0. The van der Waals surface area contributed by atoms with E-state index in [4.69, 9.17) is 4.55 Å². The Kier molecular flexibility index (Phi) is 6.38. The Bertz CT molecular complexity index is 498. The Balaban J connectivity index is 5.09. The van der Waals surface area contributed by atoms with Crippen molar-refractivity contribution in [1.29, 1.82) is 0 Å². The molecule has 1 unspecified atom stereocenters. The summed E-state index contributed by atoms with van der Waals surface area (Å²) in [5, 5.41) is -6.69. The highest BCUT2D eigenvalue weighted by atomic mass is 32.2. The number of alkyl halides is 10. The molecule has 0 saturated heterocycles. The lowest BCUT2D eigenvalue weighted by Gasteiger charge is -2.32. The van der Waals surface area contributed by atoms with E-state index in [1.54, 1.807) is 0 Å². The van der Waals surface area contributed by atoms with E-state index >= 15 is 0 Å². The van der Waals surface area contributed by atoms with Gasteiger partial charge in [-0.05, 0) is 19.3 Å². The molecule has 1 atom stereocenters. The predicted molar refractivity (Wildman–Crippen MR) is 55.8 cm³/mol. The minimum absolute atomic E-state index is 0.930. The van der Waals surface area contributed by atoms with Gasteiger partial charge in [-0.25, -0.2) is 4.39 Å². The van der Waals surface area contributed by atoms with Crippen LogP contribution in [-0.4, -0.2) is 42.4 Å². The SMILES string of the molecule is O=S(=O)(O)C(F)(F)C(F)(F)C(F)(F)C(F)CCCCC(F)(F)F. The summed E-state index contributed by atoms with van der Waals surface area (Å²) in [7, 11) is -7.00. The molecule has 0 heterocycles. The van der Waals surface area contributed by atoms with Crippen LogP contribution in [0.2, 0.25) is 0 Å². The lowest BCUT2D eigenvalue weighted by molar-refractivity contribution is -0.300. The molecule has 3 nitrogen and oxygen atoms in total. The molecule has 1 N–H and O–H groups in total. The first-order valence-corrected chi connectivity index (χ1v) is 7.13. The Morgan fingerprint density at radius 3 is 1.65 bits per heavy atom. The summed E-state index contributed by atoms with van der Waals surface area (Å²) in [6.45, 7) is 0. The van der Waals surface area contributed by atoms with Crippen LogP contribution in [0.1, 0.15) is 25.7 Å². The molecular weight excluding hydrogens is 378 g/mol. The summed E-state index contributed by atoms with van der Waals surface area (Å²) in [4.78, 5) is 0. The van der Waals surface area contributed by atoms with Crippen LogP contribution in [0, 0.1) is 0 Å². The van der Waals surface area contributed by atoms with Gasteiger partial charge in [-0.2, -0.15) is 47.9 Å². The minimum Gasteiger partial charge on any atom is -0.281 e. The van der Waals surface area contributed by atoms with Crippen molar-refractivity contribution in [3.05, 3.63) is 0 Å². The monoisotopic (exact) mass is 388 g/mol. The van der Waals surface area contributed by atoms with Gasteiger partial charge < -0.3 is 0 Å². The summed E-state index contributed by atoms with van der Waals surface area (Å²) < 4.78 is 154. The molecule has 0 aromatic carbocycles. The number of hydrogen-bond acceptors (Lipinski definition) is 2. The van der Waals surface area contributed by atoms with Gasteiger partial charge >= 0.3 is 33.4 Å². The third kappa shape index (κ3) is 4.84. The first-order valence-electron chi connectivity index (χ1n) is 5.69. The van der Waals surface area contributed by atoms with E-state index in [0.717, 1.165) is 0 Å². The molecule has 14 heteroatoms. The van der Waals surface area contributed by atoms with Gasteiger partial charge in [-0.15, -0.1) is 0 Å². The number of rotatable bonds is 8. The maximum Gasteiger partial charge on any atom is 0.438 e. The Morgan fingerprint density at radius 2 is 1.30 bits per heavy atom. The Hall–Kier alpha value is -0.790. The van der Waals surface area contributed by atoms with Gasteiger partial charge in [-0.3, -0.25) is 4.55 Å². The highest BCUT2D eigenvalue weighted by molar-refractivity contribution is 7.87. The first kappa shape index (κ1) is 22.2. The van der Waals surface area contributed by atoms with Crippen LogP contribution in [0.15, 0.2) is 0 Å². The van der Waals surface area contributed by atoms with Gasteiger partial charge in [0.1, 0.15) is 0 Å². The van der Waals surface area contributed by atoms with E-state index in [0.29, 0.717) is 0 Å². The van der Waals surface area contributed by atoms with Gasteiger partial charge in [-0.1, -0.05) is 0 Å². The fourth-order valence-corrected chi connectivity index (χ4v) is 1.84. The fourth-order valence-electron chi connectivity index (χ4n) is 1.38. The molecule has 0 aromatic heterocycles. The van der Waals surface area contributed by atoms with Gasteiger partial charge in [0.25, 0.3) is 0 Å².